The number of aromatic nitrogens is 2. The average Bonchev–Trinajstić information content (AvgIpc) is 2.78. The van der Waals surface area contributed by atoms with Crippen LogP contribution in [0.25, 0.3) is 22.2 Å². The number of fused-ring (bicyclic) bond motifs is 1. The Labute approximate surface area is 179 Å². The first kappa shape index (κ1) is 20.0. The quantitative estimate of drug-likeness (QED) is 0.503. The van der Waals surface area contributed by atoms with E-state index < -0.39 is 0 Å². The van der Waals surface area contributed by atoms with E-state index >= 15 is 0 Å². The van der Waals surface area contributed by atoms with Gasteiger partial charge in [0.1, 0.15) is 5.75 Å². The molecule has 0 aliphatic heterocycles. The summed E-state index contributed by atoms with van der Waals surface area (Å²) < 4.78 is 5.38. The standard InChI is InChI=1S/C24H20N4O3/c1-15(29)26-17-7-8-23(31-2)22(13-17)28-24(30)19-14-21(16-9-11-25-12-10-16)27-20-6-4-3-5-18(19)20/h3-14H,1-2H3,(H,26,29)(H,28,30). The van der Waals surface area contributed by atoms with Crippen molar-refractivity contribution in [3.05, 3.63) is 78.6 Å². The van der Waals surface area contributed by atoms with Gasteiger partial charge in [0.15, 0.2) is 0 Å². The van der Waals surface area contributed by atoms with Gasteiger partial charge in [-0.15, -0.1) is 0 Å². The number of methoxy groups -OCH3 is 1. The molecule has 0 unspecified atom stereocenters. The molecular formula is C24H20N4O3. The smallest absolute Gasteiger partial charge is 0.256 e. The van der Waals surface area contributed by atoms with E-state index in [0.29, 0.717) is 33.9 Å². The number of carbonyl (C=O) groups is 2. The molecule has 2 aromatic heterocycles. The van der Waals surface area contributed by atoms with Gasteiger partial charge in [0, 0.05) is 36.0 Å². The van der Waals surface area contributed by atoms with Crippen molar-refractivity contribution in [3.8, 4) is 17.0 Å². The lowest BCUT2D eigenvalue weighted by Crippen LogP contribution is -2.14. The van der Waals surface area contributed by atoms with Gasteiger partial charge in [0.25, 0.3) is 5.91 Å². The summed E-state index contributed by atoms with van der Waals surface area (Å²) >= 11 is 0. The van der Waals surface area contributed by atoms with E-state index in [1.807, 2.05) is 36.4 Å². The third kappa shape index (κ3) is 4.35. The van der Waals surface area contributed by atoms with Crippen LogP contribution in [0.2, 0.25) is 0 Å². The highest BCUT2D eigenvalue weighted by atomic mass is 16.5. The van der Waals surface area contributed by atoms with E-state index in [9.17, 15) is 9.59 Å². The number of pyridine rings is 2. The molecule has 31 heavy (non-hydrogen) atoms. The fourth-order valence-electron chi connectivity index (χ4n) is 3.31. The number of carbonyl (C=O) groups excluding carboxylic acids is 2. The summed E-state index contributed by atoms with van der Waals surface area (Å²) in [5.41, 5.74) is 3.72. The number of hydrogen-bond donors (Lipinski definition) is 2. The monoisotopic (exact) mass is 412 g/mol. The molecule has 154 valence electrons. The predicted octanol–water partition coefficient (Wildman–Crippen LogP) is 4.52. The van der Waals surface area contributed by atoms with Gasteiger partial charge in [0.05, 0.1) is 29.6 Å². The van der Waals surface area contributed by atoms with Crippen LogP contribution in [0.5, 0.6) is 5.75 Å². The summed E-state index contributed by atoms with van der Waals surface area (Å²) in [5, 5.41) is 6.35. The molecule has 0 saturated heterocycles. The van der Waals surface area contributed by atoms with Crippen molar-refractivity contribution < 1.29 is 14.3 Å². The zero-order chi connectivity index (χ0) is 21.8. The molecule has 0 radical (unpaired) electrons. The normalized spacial score (nSPS) is 10.5. The maximum Gasteiger partial charge on any atom is 0.256 e. The number of nitrogens with zero attached hydrogens (tertiary/aromatic N) is 2. The zero-order valence-electron chi connectivity index (χ0n) is 17.0. The SMILES string of the molecule is COc1ccc(NC(C)=O)cc1NC(=O)c1cc(-c2ccncc2)nc2ccccc12. The highest BCUT2D eigenvalue weighted by Gasteiger charge is 2.16. The maximum atomic E-state index is 13.3. The van der Waals surface area contributed by atoms with E-state index in [2.05, 4.69) is 15.6 Å². The van der Waals surface area contributed by atoms with Gasteiger partial charge in [-0.1, -0.05) is 18.2 Å². The lowest BCUT2D eigenvalue weighted by Gasteiger charge is -2.14. The van der Waals surface area contributed by atoms with Crippen LogP contribution in [0.3, 0.4) is 0 Å². The Bertz CT molecular complexity index is 1270. The van der Waals surface area contributed by atoms with E-state index in [0.717, 1.165) is 10.9 Å². The number of amides is 2. The Hall–Kier alpha value is -4.26. The number of ether oxygens (including phenoxy) is 1. The molecule has 0 aliphatic carbocycles. The summed E-state index contributed by atoms with van der Waals surface area (Å²) in [6.07, 6.45) is 3.37. The van der Waals surface area contributed by atoms with Crippen molar-refractivity contribution in [1.82, 2.24) is 9.97 Å². The molecule has 0 aliphatic rings. The first-order valence-electron chi connectivity index (χ1n) is 9.62. The first-order chi connectivity index (χ1) is 15.0. The minimum Gasteiger partial charge on any atom is -0.495 e. The van der Waals surface area contributed by atoms with Crippen LogP contribution in [0.15, 0.2) is 73.1 Å². The lowest BCUT2D eigenvalue weighted by molar-refractivity contribution is -0.114. The van der Waals surface area contributed by atoms with E-state index in [4.69, 9.17) is 9.72 Å². The molecule has 7 nitrogen and oxygen atoms in total. The van der Waals surface area contributed by atoms with Crippen molar-refractivity contribution in [2.75, 3.05) is 17.7 Å². The minimum absolute atomic E-state index is 0.204. The Kier molecular flexibility index (Phi) is 5.57. The van der Waals surface area contributed by atoms with Crippen LogP contribution in [0, 0.1) is 0 Å². The number of benzene rings is 2. The van der Waals surface area contributed by atoms with Gasteiger partial charge in [-0.2, -0.15) is 0 Å². The summed E-state index contributed by atoms with van der Waals surface area (Å²) in [6, 6.07) is 18.0. The fourth-order valence-corrected chi connectivity index (χ4v) is 3.31. The highest BCUT2D eigenvalue weighted by molar-refractivity contribution is 6.13. The maximum absolute atomic E-state index is 13.3. The van der Waals surface area contributed by atoms with E-state index in [1.54, 1.807) is 36.7 Å². The molecule has 4 aromatic rings. The van der Waals surface area contributed by atoms with Crippen LogP contribution in [-0.2, 0) is 4.79 Å². The van der Waals surface area contributed by atoms with Gasteiger partial charge in [-0.25, -0.2) is 4.98 Å². The van der Waals surface area contributed by atoms with Crippen molar-refractivity contribution in [2.45, 2.75) is 6.92 Å². The van der Waals surface area contributed by atoms with Crippen molar-refractivity contribution in [3.63, 3.8) is 0 Å². The molecular weight excluding hydrogens is 392 g/mol. The van der Waals surface area contributed by atoms with Gasteiger partial charge >= 0.3 is 0 Å². The van der Waals surface area contributed by atoms with Crippen LogP contribution in [-0.4, -0.2) is 28.9 Å². The second kappa shape index (κ2) is 8.62. The Morgan fingerprint density at radius 2 is 1.71 bits per heavy atom. The average molecular weight is 412 g/mol. The highest BCUT2D eigenvalue weighted by Crippen LogP contribution is 2.30. The molecule has 0 saturated carbocycles. The minimum atomic E-state index is -0.313. The molecule has 0 fully saturated rings. The van der Waals surface area contributed by atoms with Crippen LogP contribution in [0.1, 0.15) is 17.3 Å². The molecule has 0 bridgehead atoms. The number of anilines is 2. The second-order valence-corrected chi connectivity index (χ2v) is 6.86. The predicted molar refractivity (Wildman–Crippen MR) is 120 cm³/mol. The first-order valence-corrected chi connectivity index (χ1v) is 9.62. The number of para-hydroxylation sites is 1. The summed E-state index contributed by atoms with van der Waals surface area (Å²) in [4.78, 5) is 33.5. The lowest BCUT2D eigenvalue weighted by atomic mass is 10.0. The van der Waals surface area contributed by atoms with Gasteiger partial charge < -0.3 is 15.4 Å². The van der Waals surface area contributed by atoms with Gasteiger partial charge in [-0.3, -0.25) is 14.6 Å². The molecule has 2 heterocycles. The Balaban J connectivity index is 1.77. The molecule has 2 N–H and O–H groups in total. The zero-order valence-corrected chi connectivity index (χ0v) is 17.0. The second-order valence-electron chi connectivity index (χ2n) is 6.86. The summed E-state index contributed by atoms with van der Waals surface area (Å²) in [6.45, 7) is 1.42. The van der Waals surface area contributed by atoms with E-state index in [1.165, 1.54) is 14.0 Å². The number of rotatable bonds is 5. The van der Waals surface area contributed by atoms with Crippen LogP contribution < -0.4 is 15.4 Å². The van der Waals surface area contributed by atoms with Crippen molar-refractivity contribution in [2.24, 2.45) is 0 Å². The molecule has 2 amide bonds. The molecule has 0 spiro atoms. The van der Waals surface area contributed by atoms with Crippen molar-refractivity contribution >= 4 is 34.1 Å². The molecule has 0 atom stereocenters. The summed E-state index contributed by atoms with van der Waals surface area (Å²) in [7, 11) is 1.52. The van der Waals surface area contributed by atoms with Gasteiger partial charge in [-0.05, 0) is 42.5 Å². The van der Waals surface area contributed by atoms with Gasteiger partial charge in [0.2, 0.25) is 5.91 Å². The fraction of sp³-hybridized carbons (Fsp3) is 0.0833. The number of nitrogens with one attached hydrogen (secondary N) is 2. The molecule has 2 aromatic carbocycles. The Morgan fingerprint density at radius 1 is 0.935 bits per heavy atom. The third-order valence-electron chi connectivity index (χ3n) is 4.70. The van der Waals surface area contributed by atoms with Crippen molar-refractivity contribution in [1.29, 1.82) is 0 Å². The summed E-state index contributed by atoms with van der Waals surface area (Å²) in [5.74, 6) is -0.0353. The van der Waals surface area contributed by atoms with Crippen LogP contribution >= 0.6 is 0 Å². The van der Waals surface area contributed by atoms with Crippen LogP contribution in [0.4, 0.5) is 11.4 Å². The largest absolute Gasteiger partial charge is 0.495 e. The van der Waals surface area contributed by atoms with E-state index in [-0.39, 0.29) is 11.8 Å². The number of hydrogen-bond acceptors (Lipinski definition) is 5. The Morgan fingerprint density at radius 3 is 2.45 bits per heavy atom. The molecule has 4 rings (SSSR count). The third-order valence-corrected chi connectivity index (χ3v) is 4.70. The molecule has 7 heteroatoms. The topological polar surface area (TPSA) is 93.2 Å².